The predicted molar refractivity (Wildman–Crippen MR) is 144 cm³/mol. The van der Waals surface area contributed by atoms with Crippen LogP contribution in [0.5, 0.6) is 11.5 Å². The minimum atomic E-state index is -1.05. The summed E-state index contributed by atoms with van der Waals surface area (Å²) in [7, 11) is 0. The van der Waals surface area contributed by atoms with Gasteiger partial charge in [0, 0.05) is 0 Å². The Labute approximate surface area is 231 Å². The first-order valence-electron chi connectivity index (χ1n) is 12.9. The fourth-order valence-corrected chi connectivity index (χ4v) is 4.37. The Balaban J connectivity index is 1.23. The van der Waals surface area contributed by atoms with Crippen molar-refractivity contribution in [3.8, 4) is 22.6 Å². The molecule has 12 heteroatoms. The lowest BCUT2D eigenvalue weighted by Gasteiger charge is -2.19. The van der Waals surface area contributed by atoms with Gasteiger partial charge in [0.2, 0.25) is 0 Å². The fourth-order valence-electron chi connectivity index (χ4n) is 4.37. The molecule has 0 bridgehead atoms. The molecule has 2 aromatic rings. The molecule has 2 fully saturated rings. The second-order valence-corrected chi connectivity index (χ2v) is 10.9. The molecule has 214 valence electrons. The first kappa shape index (κ1) is 28.8. The van der Waals surface area contributed by atoms with Gasteiger partial charge >= 0.3 is 12.1 Å². The maximum Gasteiger partial charge on any atom is 0.325 e. The zero-order chi connectivity index (χ0) is 29.2. The van der Waals surface area contributed by atoms with Crippen molar-refractivity contribution >= 4 is 23.9 Å². The molecule has 4 rings (SSSR count). The Hall–Kier alpha value is -4.16. The molecule has 0 unspecified atom stereocenters. The standard InChI is InChI=1S/C28H34N4O8/c1-27(2)23(35)31(25(37)29-27)13-19(33)15-39-21-9-5-17(6-10-21)18-7-11-22(12-8-18)40-16-20(34)14-32-24(36)28(3,4)30-26(32)38/h5-12,19-20,33-34H,13-16H2,1-4H3,(H,29,37)(H,30,38)/t19-,20-/m1/s1. The summed E-state index contributed by atoms with van der Waals surface area (Å²) in [6.07, 6.45) is -2.09. The van der Waals surface area contributed by atoms with E-state index in [1.54, 1.807) is 52.0 Å². The third-order valence-electron chi connectivity index (χ3n) is 6.60. The average Bonchev–Trinajstić information content (AvgIpc) is 3.22. The number of rotatable bonds is 11. The molecule has 6 amide bonds. The Morgan fingerprint density at radius 1 is 0.650 bits per heavy atom. The van der Waals surface area contributed by atoms with Gasteiger partial charge in [0.15, 0.2) is 0 Å². The zero-order valence-electron chi connectivity index (χ0n) is 22.8. The first-order chi connectivity index (χ1) is 18.8. The SMILES string of the molecule is CC1(C)NC(=O)N(C[C@@H](O)COc2ccc(-c3ccc(OC[C@H](O)CN4C(=O)NC(C)(C)C4=O)cc3)cc2)C1=O. The Morgan fingerprint density at radius 3 is 1.25 bits per heavy atom. The molecule has 0 aromatic heterocycles. The molecule has 12 nitrogen and oxygen atoms in total. The second-order valence-electron chi connectivity index (χ2n) is 10.9. The summed E-state index contributed by atoms with van der Waals surface area (Å²) in [5.41, 5.74) is -0.180. The van der Waals surface area contributed by atoms with Crippen LogP contribution in [-0.2, 0) is 9.59 Å². The maximum absolute atomic E-state index is 12.3. The van der Waals surface area contributed by atoms with E-state index in [0.717, 1.165) is 20.9 Å². The molecule has 0 spiro atoms. The van der Waals surface area contributed by atoms with Crippen molar-refractivity contribution in [2.75, 3.05) is 26.3 Å². The number of carbonyl (C=O) groups excluding carboxylic acids is 4. The van der Waals surface area contributed by atoms with Gasteiger partial charge in [-0.3, -0.25) is 19.4 Å². The summed E-state index contributed by atoms with van der Waals surface area (Å²) < 4.78 is 11.2. The highest BCUT2D eigenvalue weighted by molar-refractivity contribution is 6.07. The highest BCUT2D eigenvalue weighted by Gasteiger charge is 2.45. The Kier molecular flexibility index (Phi) is 8.03. The molecule has 0 radical (unpaired) electrons. The number of carbonyl (C=O) groups is 4. The molecule has 2 saturated heterocycles. The second kappa shape index (κ2) is 11.1. The largest absolute Gasteiger partial charge is 0.491 e. The summed E-state index contributed by atoms with van der Waals surface area (Å²) in [6.45, 7) is 5.89. The lowest BCUT2D eigenvalue weighted by Crippen LogP contribution is -2.42. The van der Waals surface area contributed by atoms with Gasteiger partial charge in [0.1, 0.15) is 48.0 Å². The molecular weight excluding hydrogens is 520 g/mol. The third-order valence-corrected chi connectivity index (χ3v) is 6.60. The molecule has 0 aliphatic carbocycles. The number of β-amino-alcohol motifs (C(OH)–C–C–N with tert-alkyl or cyclic N) is 2. The van der Waals surface area contributed by atoms with Crippen molar-refractivity contribution in [1.29, 1.82) is 0 Å². The van der Waals surface area contributed by atoms with Crippen molar-refractivity contribution in [1.82, 2.24) is 20.4 Å². The minimum absolute atomic E-state index is 0.0942. The van der Waals surface area contributed by atoms with Gasteiger partial charge in [0.25, 0.3) is 11.8 Å². The van der Waals surface area contributed by atoms with Crippen molar-refractivity contribution in [3.63, 3.8) is 0 Å². The van der Waals surface area contributed by atoms with Crippen LogP contribution in [0.15, 0.2) is 48.5 Å². The average molecular weight is 555 g/mol. The molecule has 2 atom stereocenters. The number of hydrogen-bond acceptors (Lipinski definition) is 8. The van der Waals surface area contributed by atoms with E-state index in [1.807, 2.05) is 24.3 Å². The van der Waals surface area contributed by atoms with Crippen LogP contribution in [0.1, 0.15) is 27.7 Å². The van der Waals surface area contributed by atoms with Crippen molar-refractivity contribution < 1.29 is 38.9 Å². The number of benzene rings is 2. The topological polar surface area (TPSA) is 158 Å². The van der Waals surface area contributed by atoms with E-state index in [-0.39, 0.29) is 26.3 Å². The molecule has 2 aliphatic rings. The van der Waals surface area contributed by atoms with Crippen LogP contribution in [0.2, 0.25) is 0 Å². The van der Waals surface area contributed by atoms with Crippen LogP contribution in [0.25, 0.3) is 11.1 Å². The van der Waals surface area contributed by atoms with E-state index in [0.29, 0.717) is 11.5 Å². The monoisotopic (exact) mass is 554 g/mol. The number of urea groups is 2. The summed E-state index contributed by atoms with van der Waals surface area (Å²) in [5.74, 6) is 0.237. The highest BCUT2D eigenvalue weighted by Crippen LogP contribution is 2.25. The van der Waals surface area contributed by atoms with Crippen molar-refractivity contribution in [2.24, 2.45) is 0 Å². The third kappa shape index (κ3) is 6.35. The van der Waals surface area contributed by atoms with Crippen molar-refractivity contribution in [2.45, 2.75) is 51.0 Å². The van der Waals surface area contributed by atoms with E-state index in [9.17, 15) is 29.4 Å². The lowest BCUT2D eigenvalue weighted by atomic mass is 10.1. The Bertz CT molecular complexity index is 1180. The van der Waals surface area contributed by atoms with E-state index >= 15 is 0 Å². The number of ether oxygens (including phenoxy) is 2. The van der Waals surface area contributed by atoms with Gasteiger partial charge < -0.3 is 30.3 Å². The minimum Gasteiger partial charge on any atom is -0.491 e. The summed E-state index contributed by atoms with van der Waals surface area (Å²) in [4.78, 5) is 50.4. The van der Waals surface area contributed by atoms with Crippen LogP contribution >= 0.6 is 0 Å². The van der Waals surface area contributed by atoms with Gasteiger partial charge in [0.05, 0.1) is 13.1 Å². The summed E-state index contributed by atoms with van der Waals surface area (Å²) in [6, 6.07) is 13.3. The summed E-state index contributed by atoms with van der Waals surface area (Å²) in [5, 5.41) is 25.7. The number of nitrogens with one attached hydrogen (secondary N) is 2. The van der Waals surface area contributed by atoms with Crippen LogP contribution < -0.4 is 20.1 Å². The van der Waals surface area contributed by atoms with Gasteiger partial charge in [-0.15, -0.1) is 0 Å². The van der Waals surface area contributed by atoms with Crippen LogP contribution in [0.4, 0.5) is 9.59 Å². The predicted octanol–water partition coefficient (Wildman–Crippen LogP) is 1.49. The van der Waals surface area contributed by atoms with Gasteiger partial charge in [-0.05, 0) is 63.1 Å². The highest BCUT2D eigenvalue weighted by atomic mass is 16.5. The fraction of sp³-hybridized carbons (Fsp3) is 0.429. The maximum atomic E-state index is 12.3. The number of hydrogen-bond donors (Lipinski definition) is 4. The van der Waals surface area contributed by atoms with Crippen LogP contribution in [0.3, 0.4) is 0 Å². The van der Waals surface area contributed by atoms with Gasteiger partial charge in [-0.1, -0.05) is 24.3 Å². The Morgan fingerprint density at radius 2 is 0.975 bits per heavy atom. The van der Waals surface area contributed by atoms with E-state index < -0.39 is 47.2 Å². The molecule has 2 aromatic carbocycles. The molecule has 0 saturated carbocycles. The van der Waals surface area contributed by atoms with Crippen LogP contribution in [0, 0.1) is 0 Å². The van der Waals surface area contributed by atoms with E-state index in [1.165, 1.54) is 0 Å². The van der Waals surface area contributed by atoms with E-state index in [2.05, 4.69) is 10.6 Å². The molecular formula is C28H34N4O8. The molecule has 40 heavy (non-hydrogen) atoms. The smallest absolute Gasteiger partial charge is 0.325 e. The number of aliphatic hydroxyl groups excluding tert-OH is 2. The zero-order valence-corrected chi connectivity index (χ0v) is 22.8. The van der Waals surface area contributed by atoms with Crippen molar-refractivity contribution in [3.05, 3.63) is 48.5 Å². The quantitative estimate of drug-likeness (QED) is 0.304. The first-order valence-corrected chi connectivity index (χ1v) is 12.9. The normalized spacial score (nSPS) is 19.4. The van der Waals surface area contributed by atoms with E-state index in [4.69, 9.17) is 9.47 Å². The molecule has 2 heterocycles. The number of amides is 6. The molecule has 4 N–H and O–H groups in total. The van der Waals surface area contributed by atoms with Crippen LogP contribution in [-0.4, -0.2) is 93.5 Å². The number of imide groups is 2. The number of nitrogens with zero attached hydrogens (tertiary/aromatic N) is 2. The molecule has 2 aliphatic heterocycles. The van der Waals surface area contributed by atoms with Gasteiger partial charge in [-0.2, -0.15) is 0 Å². The lowest BCUT2D eigenvalue weighted by molar-refractivity contribution is -0.132. The van der Waals surface area contributed by atoms with Gasteiger partial charge in [-0.25, -0.2) is 9.59 Å². The number of aliphatic hydroxyl groups is 2. The summed E-state index contributed by atoms with van der Waals surface area (Å²) >= 11 is 0.